The fourth-order valence-corrected chi connectivity index (χ4v) is 4.30. The number of allylic oxidation sites excluding steroid dienone is 1. The first-order valence-electron chi connectivity index (χ1n) is 10.3. The lowest BCUT2D eigenvalue weighted by atomic mass is 9.77. The van der Waals surface area contributed by atoms with E-state index in [4.69, 9.17) is 5.10 Å². The molecule has 2 N–H and O–H groups in total. The highest BCUT2D eigenvalue weighted by Gasteiger charge is 2.43. The van der Waals surface area contributed by atoms with Crippen LogP contribution < -0.4 is 5.32 Å². The Morgan fingerprint density at radius 3 is 2.57 bits per heavy atom. The molecule has 4 rings (SSSR count). The minimum absolute atomic E-state index is 0.00781. The minimum atomic E-state index is 0.00781. The third-order valence-corrected chi connectivity index (χ3v) is 5.65. The molecular weight excluding hydrogens is 346 g/mol. The zero-order chi connectivity index (χ0) is 19.3. The SMILES string of the molecule is CC[NH2+]CC(=O)N1N=C2/C(=C/c3ccccc3)CCC[C@@H]2[C@@H]1c1ccccc1. The molecule has 0 aromatic heterocycles. The summed E-state index contributed by atoms with van der Waals surface area (Å²) in [6, 6.07) is 20.8. The first-order chi connectivity index (χ1) is 13.8. The highest BCUT2D eigenvalue weighted by molar-refractivity contribution is 6.08. The number of benzene rings is 2. The summed E-state index contributed by atoms with van der Waals surface area (Å²) in [7, 11) is 0. The standard InChI is InChI=1S/C24H27N3O/c1-2-25-17-22(28)27-24(19-12-7-4-8-13-19)21-15-9-14-20(23(21)26-27)16-18-10-5-3-6-11-18/h3-8,10-13,16,21,24-25H,2,9,14-15,17H2,1H3/p+1/b20-16+/t21-,24-/m0/s1. The van der Waals surface area contributed by atoms with Crippen molar-refractivity contribution in [3.8, 4) is 0 Å². The monoisotopic (exact) mass is 374 g/mol. The molecule has 144 valence electrons. The zero-order valence-corrected chi connectivity index (χ0v) is 16.4. The Balaban J connectivity index is 1.71. The summed E-state index contributed by atoms with van der Waals surface area (Å²) in [5, 5.41) is 8.71. The number of likely N-dealkylation sites (N-methyl/N-ethyl adjacent to an activating group) is 1. The molecule has 0 unspecified atom stereocenters. The van der Waals surface area contributed by atoms with Crippen LogP contribution in [0.1, 0.15) is 43.4 Å². The smallest absolute Gasteiger partial charge is 0.298 e. The lowest BCUT2D eigenvalue weighted by molar-refractivity contribution is -0.641. The van der Waals surface area contributed by atoms with Gasteiger partial charge in [0.2, 0.25) is 0 Å². The van der Waals surface area contributed by atoms with Crippen LogP contribution in [0, 0.1) is 5.92 Å². The van der Waals surface area contributed by atoms with Gasteiger partial charge in [0.1, 0.15) is 0 Å². The Kier molecular flexibility index (Phi) is 5.68. The molecule has 0 spiro atoms. The maximum atomic E-state index is 13.0. The fourth-order valence-electron chi connectivity index (χ4n) is 4.30. The summed E-state index contributed by atoms with van der Waals surface area (Å²) in [6.45, 7) is 3.41. The van der Waals surface area contributed by atoms with Crippen molar-refractivity contribution in [3.63, 3.8) is 0 Å². The van der Waals surface area contributed by atoms with Gasteiger partial charge in [-0.25, -0.2) is 5.01 Å². The van der Waals surface area contributed by atoms with E-state index in [9.17, 15) is 4.79 Å². The molecule has 0 saturated heterocycles. The molecule has 2 aromatic carbocycles. The predicted octanol–water partition coefficient (Wildman–Crippen LogP) is 3.39. The molecule has 1 aliphatic heterocycles. The van der Waals surface area contributed by atoms with Gasteiger partial charge in [-0.1, -0.05) is 60.7 Å². The molecule has 1 saturated carbocycles. The van der Waals surface area contributed by atoms with Crippen LogP contribution in [0.15, 0.2) is 71.3 Å². The van der Waals surface area contributed by atoms with Crippen LogP contribution in [-0.4, -0.2) is 29.7 Å². The van der Waals surface area contributed by atoms with Crippen molar-refractivity contribution >= 4 is 17.7 Å². The summed E-state index contributed by atoms with van der Waals surface area (Å²) in [6.07, 6.45) is 5.48. The molecule has 4 heteroatoms. The van der Waals surface area contributed by atoms with Gasteiger partial charge >= 0.3 is 0 Å². The maximum absolute atomic E-state index is 13.0. The number of nitrogens with two attached hydrogens (primary N) is 1. The van der Waals surface area contributed by atoms with Crippen molar-refractivity contribution in [1.29, 1.82) is 0 Å². The van der Waals surface area contributed by atoms with Crippen LogP contribution in [0.25, 0.3) is 6.08 Å². The number of hydrazone groups is 1. The van der Waals surface area contributed by atoms with E-state index in [1.807, 2.05) is 17.4 Å². The van der Waals surface area contributed by atoms with Gasteiger partial charge < -0.3 is 5.32 Å². The number of quaternary nitrogens is 1. The molecular formula is C24H28N3O+. The lowest BCUT2D eigenvalue weighted by Gasteiger charge is -2.29. The summed E-state index contributed by atoms with van der Waals surface area (Å²) >= 11 is 0. The second kappa shape index (κ2) is 8.53. The van der Waals surface area contributed by atoms with Crippen LogP contribution in [-0.2, 0) is 4.79 Å². The molecule has 1 amide bonds. The third kappa shape index (κ3) is 3.78. The number of hydrogen-bond donors (Lipinski definition) is 1. The number of rotatable bonds is 5. The van der Waals surface area contributed by atoms with Crippen molar-refractivity contribution in [3.05, 3.63) is 77.4 Å². The molecule has 1 aliphatic carbocycles. The van der Waals surface area contributed by atoms with E-state index < -0.39 is 0 Å². The van der Waals surface area contributed by atoms with E-state index >= 15 is 0 Å². The maximum Gasteiger partial charge on any atom is 0.298 e. The molecule has 4 nitrogen and oxygen atoms in total. The Morgan fingerprint density at radius 2 is 1.86 bits per heavy atom. The van der Waals surface area contributed by atoms with E-state index in [-0.39, 0.29) is 17.9 Å². The van der Waals surface area contributed by atoms with Gasteiger partial charge in [0.05, 0.1) is 18.3 Å². The molecule has 2 atom stereocenters. The van der Waals surface area contributed by atoms with Crippen molar-refractivity contribution in [2.75, 3.05) is 13.1 Å². The average molecular weight is 375 g/mol. The second-order valence-corrected chi connectivity index (χ2v) is 7.56. The second-order valence-electron chi connectivity index (χ2n) is 7.56. The van der Waals surface area contributed by atoms with Gasteiger partial charge in [-0.3, -0.25) is 4.79 Å². The van der Waals surface area contributed by atoms with E-state index in [2.05, 4.69) is 61.5 Å². The fraction of sp³-hybridized carbons (Fsp3) is 0.333. The zero-order valence-electron chi connectivity index (χ0n) is 16.4. The van der Waals surface area contributed by atoms with Gasteiger partial charge in [0.15, 0.2) is 6.54 Å². The summed E-state index contributed by atoms with van der Waals surface area (Å²) in [5.74, 6) is 0.369. The van der Waals surface area contributed by atoms with Crippen molar-refractivity contribution < 1.29 is 10.1 Å². The Labute approximate surface area is 167 Å². The van der Waals surface area contributed by atoms with Gasteiger partial charge in [0, 0.05) is 5.92 Å². The Morgan fingerprint density at radius 1 is 1.14 bits per heavy atom. The molecule has 0 radical (unpaired) electrons. The third-order valence-electron chi connectivity index (χ3n) is 5.65. The summed E-state index contributed by atoms with van der Waals surface area (Å²) < 4.78 is 0. The number of carbonyl (C=O) groups is 1. The number of carbonyl (C=O) groups excluding carboxylic acids is 1. The van der Waals surface area contributed by atoms with Crippen molar-refractivity contribution in [2.45, 2.75) is 32.2 Å². The van der Waals surface area contributed by atoms with Crippen LogP contribution in [0.5, 0.6) is 0 Å². The van der Waals surface area contributed by atoms with Gasteiger partial charge in [-0.05, 0) is 49.0 Å². The quantitative estimate of drug-likeness (QED) is 0.857. The van der Waals surface area contributed by atoms with Crippen molar-refractivity contribution in [1.82, 2.24) is 5.01 Å². The van der Waals surface area contributed by atoms with E-state index in [1.165, 1.54) is 16.7 Å². The van der Waals surface area contributed by atoms with E-state index in [0.29, 0.717) is 6.54 Å². The molecule has 1 heterocycles. The summed E-state index contributed by atoms with van der Waals surface area (Å²) in [5.41, 5.74) is 4.75. The number of hydrogen-bond acceptors (Lipinski definition) is 2. The number of nitrogens with zero attached hydrogens (tertiary/aromatic N) is 2. The lowest BCUT2D eigenvalue weighted by Crippen LogP contribution is -2.86. The van der Waals surface area contributed by atoms with Crippen LogP contribution in [0.3, 0.4) is 0 Å². The van der Waals surface area contributed by atoms with Crippen LogP contribution >= 0.6 is 0 Å². The summed E-state index contributed by atoms with van der Waals surface area (Å²) in [4.78, 5) is 13.0. The normalized spacial score (nSPS) is 22.8. The van der Waals surface area contributed by atoms with Crippen LogP contribution in [0.4, 0.5) is 0 Å². The Hall–Kier alpha value is -2.72. The molecule has 28 heavy (non-hydrogen) atoms. The minimum Gasteiger partial charge on any atom is -0.339 e. The number of fused-ring (bicyclic) bond motifs is 1. The Bertz CT molecular complexity index is 873. The van der Waals surface area contributed by atoms with Crippen LogP contribution in [0.2, 0.25) is 0 Å². The molecule has 1 fully saturated rings. The van der Waals surface area contributed by atoms with E-state index in [0.717, 1.165) is 31.5 Å². The molecule has 2 aromatic rings. The van der Waals surface area contributed by atoms with Gasteiger partial charge in [-0.15, -0.1) is 0 Å². The average Bonchev–Trinajstić information content (AvgIpc) is 3.14. The van der Waals surface area contributed by atoms with Gasteiger partial charge in [0.25, 0.3) is 5.91 Å². The first-order valence-corrected chi connectivity index (χ1v) is 10.3. The molecule has 0 bridgehead atoms. The largest absolute Gasteiger partial charge is 0.339 e. The predicted molar refractivity (Wildman–Crippen MR) is 113 cm³/mol. The van der Waals surface area contributed by atoms with Gasteiger partial charge in [-0.2, -0.15) is 5.10 Å². The highest BCUT2D eigenvalue weighted by atomic mass is 16.2. The molecule has 2 aliphatic rings. The van der Waals surface area contributed by atoms with Crippen molar-refractivity contribution in [2.24, 2.45) is 11.0 Å². The van der Waals surface area contributed by atoms with E-state index in [1.54, 1.807) is 5.01 Å². The topological polar surface area (TPSA) is 49.3 Å². The highest BCUT2D eigenvalue weighted by Crippen LogP contribution is 2.44. The number of amides is 1. The first kappa shape index (κ1) is 18.6.